The van der Waals surface area contributed by atoms with Crippen LogP contribution >= 0.6 is 11.7 Å². The first-order valence-electron chi connectivity index (χ1n) is 10.5. The third kappa shape index (κ3) is 3.87. The van der Waals surface area contributed by atoms with Crippen molar-refractivity contribution >= 4 is 40.3 Å². The smallest absolute Gasteiger partial charge is 0.278 e. The average molecular weight is 447 g/mol. The molecule has 0 saturated carbocycles. The molecular weight excluding hydrogens is 424 g/mol. The van der Waals surface area contributed by atoms with E-state index in [1.165, 1.54) is 0 Å². The van der Waals surface area contributed by atoms with Gasteiger partial charge in [0.2, 0.25) is 0 Å². The predicted octanol–water partition coefficient (Wildman–Crippen LogP) is 3.71. The number of likely N-dealkylation sites (tertiary alicyclic amines) is 1. The van der Waals surface area contributed by atoms with Crippen LogP contribution < -0.4 is 4.90 Å². The van der Waals surface area contributed by atoms with Crippen molar-refractivity contribution < 1.29 is 9.59 Å². The average Bonchev–Trinajstić information content (AvgIpc) is 3.53. The summed E-state index contributed by atoms with van der Waals surface area (Å²) >= 11 is 1.15. The number of H-pyrrole nitrogens is 1. The third-order valence-corrected chi connectivity index (χ3v) is 6.54. The Balaban J connectivity index is 1.22. The molecule has 5 rings (SSSR count). The van der Waals surface area contributed by atoms with Crippen molar-refractivity contribution in [2.75, 3.05) is 25.0 Å². The second kappa shape index (κ2) is 8.51. The Morgan fingerprint density at radius 1 is 1.03 bits per heavy atom. The van der Waals surface area contributed by atoms with E-state index in [-0.39, 0.29) is 17.7 Å². The van der Waals surface area contributed by atoms with Gasteiger partial charge < -0.3 is 9.80 Å². The van der Waals surface area contributed by atoms with Crippen LogP contribution in [0, 0.1) is 0 Å². The van der Waals surface area contributed by atoms with Gasteiger partial charge in [0.05, 0.1) is 11.7 Å². The first kappa shape index (κ1) is 20.3. The quantitative estimate of drug-likeness (QED) is 0.516. The number of anilines is 1. The number of carbonyl (C=O) groups is 2. The molecule has 0 atom stereocenters. The molecule has 0 bridgehead atoms. The first-order chi connectivity index (χ1) is 15.6. The van der Waals surface area contributed by atoms with Crippen LogP contribution in [0.3, 0.4) is 0 Å². The highest BCUT2D eigenvalue weighted by molar-refractivity contribution is 7.00. The van der Waals surface area contributed by atoms with Gasteiger partial charge in [0.25, 0.3) is 11.8 Å². The Morgan fingerprint density at radius 2 is 1.78 bits per heavy atom. The first-order valence-corrected chi connectivity index (χ1v) is 11.2. The topological polar surface area (TPSA) is 95.1 Å². The fourth-order valence-corrected chi connectivity index (χ4v) is 4.60. The molecular formula is C23H22N6O2S. The molecule has 1 fully saturated rings. The Morgan fingerprint density at radius 3 is 2.56 bits per heavy atom. The molecule has 0 aliphatic carbocycles. The summed E-state index contributed by atoms with van der Waals surface area (Å²) < 4.78 is 8.41. The standard InChI is InChI=1S/C23H22N6O2S/c1-28(17-5-3-2-4-6-17)23(31)21-14-19(24-25-21)15-9-11-29(12-10-15)22(30)16-7-8-18-20(13-16)27-32-26-18/h2-8,13-15H,9-12H2,1H3,(H,24,25). The fourth-order valence-electron chi connectivity index (χ4n) is 4.09. The molecule has 1 N–H and O–H groups in total. The van der Waals surface area contributed by atoms with Crippen LogP contribution in [0.5, 0.6) is 0 Å². The number of rotatable bonds is 4. The highest BCUT2D eigenvalue weighted by atomic mass is 32.1. The number of amides is 2. The molecule has 1 aliphatic heterocycles. The molecule has 4 aromatic rings. The largest absolute Gasteiger partial charge is 0.339 e. The van der Waals surface area contributed by atoms with Gasteiger partial charge in [-0.2, -0.15) is 13.8 Å². The van der Waals surface area contributed by atoms with Gasteiger partial charge in [0.1, 0.15) is 11.0 Å². The number of piperidine rings is 1. The zero-order valence-corrected chi connectivity index (χ0v) is 18.4. The van der Waals surface area contributed by atoms with E-state index in [4.69, 9.17) is 0 Å². The van der Waals surface area contributed by atoms with Gasteiger partial charge in [0.15, 0.2) is 5.69 Å². The molecule has 1 aliphatic rings. The van der Waals surface area contributed by atoms with Gasteiger partial charge in [-0.3, -0.25) is 14.7 Å². The molecule has 2 aromatic carbocycles. The number of hydrogen-bond acceptors (Lipinski definition) is 6. The molecule has 0 unspecified atom stereocenters. The van der Waals surface area contributed by atoms with Gasteiger partial charge >= 0.3 is 0 Å². The lowest BCUT2D eigenvalue weighted by Crippen LogP contribution is -2.38. The van der Waals surface area contributed by atoms with Crippen molar-refractivity contribution in [3.8, 4) is 0 Å². The normalized spacial score (nSPS) is 14.6. The van der Waals surface area contributed by atoms with Gasteiger partial charge in [-0.25, -0.2) is 0 Å². The Hall–Kier alpha value is -3.59. The minimum absolute atomic E-state index is 0.0170. The summed E-state index contributed by atoms with van der Waals surface area (Å²) in [6.07, 6.45) is 1.63. The molecule has 2 aromatic heterocycles. The van der Waals surface area contributed by atoms with E-state index in [2.05, 4.69) is 18.9 Å². The summed E-state index contributed by atoms with van der Waals surface area (Å²) in [6, 6.07) is 16.8. The molecule has 8 nitrogen and oxygen atoms in total. The number of aromatic amines is 1. The Bertz CT molecular complexity index is 1260. The zero-order valence-electron chi connectivity index (χ0n) is 17.6. The lowest BCUT2D eigenvalue weighted by atomic mass is 9.93. The molecule has 0 spiro atoms. The monoisotopic (exact) mass is 446 g/mol. The minimum Gasteiger partial charge on any atom is -0.339 e. The number of hydrogen-bond donors (Lipinski definition) is 1. The van der Waals surface area contributed by atoms with Crippen LogP contribution in [0.4, 0.5) is 5.69 Å². The molecule has 0 radical (unpaired) electrons. The summed E-state index contributed by atoms with van der Waals surface area (Å²) in [6.45, 7) is 1.31. The van der Waals surface area contributed by atoms with Gasteiger partial charge in [-0.05, 0) is 49.2 Å². The van der Waals surface area contributed by atoms with Crippen LogP contribution in [0.1, 0.15) is 45.3 Å². The maximum Gasteiger partial charge on any atom is 0.278 e. The van der Waals surface area contributed by atoms with Crippen LogP contribution in [0.25, 0.3) is 11.0 Å². The van der Waals surface area contributed by atoms with E-state index in [1.807, 2.05) is 59.5 Å². The van der Waals surface area contributed by atoms with E-state index in [1.54, 1.807) is 11.9 Å². The van der Waals surface area contributed by atoms with Gasteiger partial charge in [-0.15, -0.1) is 0 Å². The SMILES string of the molecule is CN(C(=O)c1cc(C2CCN(C(=O)c3ccc4nsnc4c3)CC2)[nH]n1)c1ccccc1. The molecule has 1 saturated heterocycles. The van der Waals surface area contributed by atoms with Crippen LogP contribution in [0.2, 0.25) is 0 Å². The number of nitrogens with zero attached hydrogens (tertiary/aromatic N) is 5. The number of fused-ring (bicyclic) bond motifs is 1. The van der Waals surface area contributed by atoms with Crippen molar-refractivity contribution in [2.24, 2.45) is 0 Å². The summed E-state index contributed by atoms with van der Waals surface area (Å²) in [5, 5.41) is 7.30. The number of aromatic nitrogens is 4. The lowest BCUT2D eigenvalue weighted by Gasteiger charge is -2.31. The number of para-hydroxylation sites is 1. The van der Waals surface area contributed by atoms with Crippen molar-refractivity contribution in [1.29, 1.82) is 0 Å². The second-order valence-electron chi connectivity index (χ2n) is 7.94. The maximum absolute atomic E-state index is 12.9. The molecule has 9 heteroatoms. The minimum atomic E-state index is -0.154. The maximum atomic E-state index is 12.9. The lowest BCUT2D eigenvalue weighted by molar-refractivity contribution is 0.0712. The molecule has 2 amide bonds. The highest BCUT2D eigenvalue weighted by Crippen LogP contribution is 2.28. The third-order valence-electron chi connectivity index (χ3n) is 5.99. The van der Waals surface area contributed by atoms with E-state index < -0.39 is 0 Å². The van der Waals surface area contributed by atoms with Gasteiger partial charge in [0, 0.05) is 43.0 Å². The van der Waals surface area contributed by atoms with Crippen molar-refractivity contribution in [1.82, 2.24) is 23.8 Å². The summed E-state index contributed by atoms with van der Waals surface area (Å²) in [4.78, 5) is 29.2. The summed E-state index contributed by atoms with van der Waals surface area (Å²) in [5.74, 6) is 0.0990. The van der Waals surface area contributed by atoms with E-state index in [0.717, 1.165) is 47.0 Å². The molecule has 3 heterocycles. The van der Waals surface area contributed by atoms with Crippen molar-refractivity contribution in [3.63, 3.8) is 0 Å². The van der Waals surface area contributed by atoms with Crippen molar-refractivity contribution in [2.45, 2.75) is 18.8 Å². The van der Waals surface area contributed by atoms with Crippen molar-refractivity contribution in [3.05, 3.63) is 71.5 Å². The molecule has 162 valence electrons. The Kier molecular flexibility index (Phi) is 5.40. The molecule has 32 heavy (non-hydrogen) atoms. The van der Waals surface area contributed by atoms with Crippen LogP contribution in [0.15, 0.2) is 54.6 Å². The highest BCUT2D eigenvalue weighted by Gasteiger charge is 2.27. The van der Waals surface area contributed by atoms with Crippen LogP contribution in [-0.2, 0) is 0 Å². The van der Waals surface area contributed by atoms with Gasteiger partial charge in [-0.1, -0.05) is 18.2 Å². The van der Waals surface area contributed by atoms with E-state index >= 15 is 0 Å². The Labute approximate surface area is 189 Å². The van der Waals surface area contributed by atoms with E-state index in [0.29, 0.717) is 24.3 Å². The number of benzene rings is 2. The number of nitrogens with one attached hydrogen (secondary N) is 1. The second-order valence-corrected chi connectivity index (χ2v) is 8.47. The predicted molar refractivity (Wildman–Crippen MR) is 123 cm³/mol. The summed E-state index contributed by atoms with van der Waals surface area (Å²) in [7, 11) is 1.75. The summed E-state index contributed by atoms with van der Waals surface area (Å²) in [5.41, 5.74) is 4.37. The number of carbonyl (C=O) groups excluding carboxylic acids is 2. The van der Waals surface area contributed by atoms with Crippen LogP contribution in [-0.4, -0.2) is 55.8 Å². The zero-order chi connectivity index (χ0) is 22.1. The van der Waals surface area contributed by atoms with E-state index in [9.17, 15) is 9.59 Å². The fraction of sp³-hybridized carbons (Fsp3) is 0.261.